The molecule has 3 heteroatoms. The summed E-state index contributed by atoms with van der Waals surface area (Å²) in [6.07, 6.45) is 0.937. The minimum Gasteiger partial charge on any atom is -0.355 e. The smallest absolute Gasteiger partial charge is 0.216 e. The molecule has 0 aliphatic rings. The molecule has 0 unspecified atom stereocenters. The average molecular weight is 297 g/mol. The van der Waals surface area contributed by atoms with Gasteiger partial charge in [0, 0.05) is 12.6 Å². The fourth-order valence-electron chi connectivity index (χ4n) is 3.04. The lowest BCUT2D eigenvalue weighted by Crippen LogP contribution is -2.68. The van der Waals surface area contributed by atoms with Gasteiger partial charge in [-0.1, -0.05) is 84.5 Å². The number of hydrogen-bond donors (Lipinski definition) is 1. The van der Waals surface area contributed by atoms with E-state index in [2.05, 4.69) is 67.3 Å². The molecule has 21 heavy (non-hydrogen) atoms. The first-order valence-corrected chi connectivity index (χ1v) is 10.0. The van der Waals surface area contributed by atoms with Gasteiger partial charge in [0.1, 0.15) is 8.07 Å². The standard InChI is InChI=1S/C18H23NOSi/c1-4-18(19-15(2)20)21(3,16-11-7-5-8-12-16)17-13-9-6-10-14-17/h5-14,18H,4H2,1-3H3,(H,19,20)/t18-/m1/s1. The maximum atomic E-state index is 11.6. The van der Waals surface area contributed by atoms with Crippen molar-refractivity contribution in [2.75, 3.05) is 0 Å². The Kier molecular flexibility index (Phi) is 4.97. The van der Waals surface area contributed by atoms with E-state index in [0.29, 0.717) is 0 Å². The predicted molar refractivity (Wildman–Crippen MR) is 91.7 cm³/mol. The molecule has 0 saturated heterocycles. The van der Waals surface area contributed by atoms with Crippen molar-refractivity contribution >= 4 is 24.4 Å². The molecular formula is C18H23NOSi. The zero-order valence-electron chi connectivity index (χ0n) is 13.0. The Morgan fingerprint density at radius 2 is 1.43 bits per heavy atom. The molecular weight excluding hydrogens is 274 g/mol. The van der Waals surface area contributed by atoms with Crippen molar-refractivity contribution in [3.8, 4) is 0 Å². The first-order valence-electron chi connectivity index (χ1n) is 7.47. The van der Waals surface area contributed by atoms with Crippen molar-refractivity contribution in [1.29, 1.82) is 0 Å². The average Bonchev–Trinajstić information content (AvgIpc) is 2.53. The van der Waals surface area contributed by atoms with Gasteiger partial charge in [0.2, 0.25) is 5.91 Å². The predicted octanol–water partition coefficient (Wildman–Crippen LogP) is 2.33. The van der Waals surface area contributed by atoms with Gasteiger partial charge in [0.05, 0.1) is 0 Å². The molecule has 0 saturated carbocycles. The monoisotopic (exact) mass is 297 g/mol. The van der Waals surface area contributed by atoms with Crippen LogP contribution in [0.3, 0.4) is 0 Å². The molecule has 0 aliphatic heterocycles. The molecule has 2 aromatic carbocycles. The van der Waals surface area contributed by atoms with E-state index in [1.54, 1.807) is 6.92 Å². The van der Waals surface area contributed by atoms with Crippen LogP contribution < -0.4 is 15.7 Å². The number of benzene rings is 2. The summed E-state index contributed by atoms with van der Waals surface area (Å²) in [6.45, 7) is 6.10. The second-order valence-corrected chi connectivity index (χ2v) is 9.85. The highest BCUT2D eigenvalue weighted by atomic mass is 28.3. The molecule has 1 N–H and O–H groups in total. The number of hydrogen-bond acceptors (Lipinski definition) is 1. The van der Waals surface area contributed by atoms with Crippen LogP contribution in [0, 0.1) is 0 Å². The van der Waals surface area contributed by atoms with Crippen LogP contribution in [0.15, 0.2) is 60.7 Å². The van der Waals surface area contributed by atoms with E-state index in [1.807, 2.05) is 12.1 Å². The minimum atomic E-state index is -2.03. The minimum absolute atomic E-state index is 0.0486. The molecule has 0 aromatic heterocycles. The van der Waals surface area contributed by atoms with E-state index in [1.165, 1.54) is 10.4 Å². The van der Waals surface area contributed by atoms with Gasteiger partial charge in [0.25, 0.3) is 0 Å². The lowest BCUT2D eigenvalue weighted by Gasteiger charge is -2.36. The third-order valence-electron chi connectivity index (χ3n) is 4.23. The van der Waals surface area contributed by atoms with Crippen LogP contribution in [-0.2, 0) is 4.79 Å². The topological polar surface area (TPSA) is 29.1 Å². The highest BCUT2D eigenvalue weighted by Gasteiger charge is 2.39. The molecule has 0 bridgehead atoms. The molecule has 2 nitrogen and oxygen atoms in total. The fraction of sp³-hybridized carbons (Fsp3) is 0.278. The number of carbonyl (C=O) groups is 1. The van der Waals surface area contributed by atoms with Crippen LogP contribution in [0.25, 0.3) is 0 Å². The molecule has 2 rings (SSSR count). The van der Waals surface area contributed by atoms with Crippen molar-refractivity contribution in [3.05, 3.63) is 60.7 Å². The molecule has 1 amide bonds. The second kappa shape index (κ2) is 6.72. The molecule has 0 fully saturated rings. The van der Waals surface area contributed by atoms with E-state index in [0.717, 1.165) is 6.42 Å². The van der Waals surface area contributed by atoms with Crippen LogP contribution in [0.2, 0.25) is 6.55 Å². The Bertz CT molecular complexity index is 543. The van der Waals surface area contributed by atoms with E-state index in [4.69, 9.17) is 0 Å². The van der Waals surface area contributed by atoms with Gasteiger partial charge < -0.3 is 5.32 Å². The van der Waals surface area contributed by atoms with Crippen molar-refractivity contribution < 1.29 is 4.79 Å². The first kappa shape index (κ1) is 15.5. The van der Waals surface area contributed by atoms with Gasteiger partial charge in [0.15, 0.2) is 0 Å². The Morgan fingerprint density at radius 1 is 1.00 bits per heavy atom. The molecule has 110 valence electrons. The molecule has 0 radical (unpaired) electrons. The van der Waals surface area contributed by atoms with E-state index in [-0.39, 0.29) is 11.6 Å². The Labute approximate surface area is 128 Å². The summed E-state index contributed by atoms with van der Waals surface area (Å²) >= 11 is 0. The molecule has 2 aromatic rings. The van der Waals surface area contributed by atoms with Crippen LogP contribution in [0.5, 0.6) is 0 Å². The van der Waals surface area contributed by atoms with Gasteiger partial charge in [-0.3, -0.25) is 4.79 Å². The van der Waals surface area contributed by atoms with Crippen molar-refractivity contribution in [3.63, 3.8) is 0 Å². The Morgan fingerprint density at radius 3 is 1.76 bits per heavy atom. The van der Waals surface area contributed by atoms with Gasteiger partial charge in [-0.25, -0.2) is 0 Å². The zero-order valence-corrected chi connectivity index (χ0v) is 14.0. The number of rotatable bonds is 5. The van der Waals surface area contributed by atoms with Crippen LogP contribution in [0.4, 0.5) is 0 Å². The molecule has 0 spiro atoms. The van der Waals surface area contributed by atoms with Crippen LogP contribution in [-0.4, -0.2) is 19.6 Å². The fourth-order valence-corrected chi connectivity index (χ4v) is 7.25. The van der Waals surface area contributed by atoms with E-state index < -0.39 is 8.07 Å². The number of amides is 1. The maximum absolute atomic E-state index is 11.6. The first-order chi connectivity index (χ1) is 10.1. The lowest BCUT2D eigenvalue weighted by atomic mass is 10.4. The third-order valence-corrected chi connectivity index (χ3v) is 9.24. The summed E-state index contributed by atoms with van der Waals surface area (Å²) in [5.74, 6) is 0.0486. The second-order valence-electron chi connectivity index (χ2n) is 5.60. The Balaban J connectivity index is 2.56. The molecule has 1 atom stereocenters. The maximum Gasteiger partial charge on any atom is 0.216 e. The van der Waals surface area contributed by atoms with Crippen LogP contribution in [0.1, 0.15) is 20.3 Å². The third kappa shape index (κ3) is 3.24. The highest BCUT2D eigenvalue weighted by Crippen LogP contribution is 2.13. The summed E-state index contributed by atoms with van der Waals surface area (Å²) in [5, 5.41) is 5.91. The molecule has 0 heterocycles. The summed E-state index contributed by atoms with van der Waals surface area (Å²) in [4.78, 5) is 11.6. The summed E-state index contributed by atoms with van der Waals surface area (Å²) < 4.78 is 0. The van der Waals surface area contributed by atoms with Crippen molar-refractivity contribution in [1.82, 2.24) is 5.32 Å². The van der Waals surface area contributed by atoms with Crippen molar-refractivity contribution in [2.24, 2.45) is 0 Å². The molecule has 0 aliphatic carbocycles. The van der Waals surface area contributed by atoms with Gasteiger partial charge in [-0.15, -0.1) is 0 Å². The summed E-state index contributed by atoms with van der Waals surface area (Å²) in [6, 6.07) is 21.2. The zero-order chi connectivity index (χ0) is 15.3. The summed E-state index contributed by atoms with van der Waals surface area (Å²) in [7, 11) is -2.03. The normalized spacial score (nSPS) is 12.7. The number of nitrogens with one attached hydrogen (secondary N) is 1. The quantitative estimate of drug-likeness (QED) is 0.843. The highest BCUT2D eigenvalue weighted by molar-refractivity contribution is 7.02. The van der Waals surface area contributed by atoms with E-state index >= 15 is 0 Å². The van der Waals surface area contributed by atoms with Crippen molar-refractivity contribution in [2.45, 2.75) is 32.5 Å². The Hall–Kier alpha value is -1.87. The van der Waals surface area contributed by atoms with Crippen LogP contribution >= 0.6 is 0 Å². The van der Waals surface area contributed by atoms with E-state index in [9.17, 15) is 4.79 Å². The lowest BCUT2D eigenvalue weighted by molar-refractivity contribution is -0.119. The number of carbonyl (C=O) groups excluding carboxylic acids is 1. The summed E-state index contributed by atoms with van der Waals surface area (Å²) in [5.41, 5.74) is 0.194. The van der Waals surface area contributed by atoms with Gasteiger partial charge in [-0.2, -0.15) is 0 Å². The largest absolute Gasteiger partial charge is 0.355 e. The van der Waals surface area contributed by atoms with Gasteiger partial charge >= 0.3 is 0 Å². The van der Waals surface area contributed by atoms with Gasteiger partial charge in [-0.05, 0) is 6.42 Å². The SMILES string of the molecule is CC[C@H](NC(C)=O)[Si](C)(c1ccccc1)c1ccccc1.